The predicted octanol–water partition coefficient (Wildman–Crippen LogP) is 3.13. The molecule has 0 atom stereocenters. The molecule has 0 fully saturated rings. The maximum Gasteiger partial charge on any atom is 0.256 e. The van der Waals surface area contributed by atoms with Gasteiger partial charge in [0, 0.05) is 10.2 Å². The number of hydrogen-bond donors (Lipinski definition) is 2. The summed E-state index contributed by atoms with van der Waals surface area (Å²) in [6, 6.07) is 5.97. The van der Waals surface area contributed by atoms with Gasteiger partial charge >= 0.3 is 0 Å². The van der Waals surface area contributed by atoms with Gasteiger partial charge in [-0.2, -0.15) is 0 Å². The number of rotatable bonds is 2. The van der Waals surface area contributed by atoms with E-state index in [2.05, 4.69) is 26.2 Å². The molecular weight excluding hydrogens is 313 g/mol. The quantitative estimate of drug-likeness (QED) is 0.834. The highest BCUT2D eigenvalue weighted by atomic mass is 79.9. The summed E-state index contributed by atoms with van der Waals surface area (Å²) in [5.74, 6) is -0.954. The van der Waals surface area contributed by atoms with E-state index in [0.717, 1.165) is 11.8 Å². The average molecular weight is 324 g/mol. The highest BCUT2D eigenvalue weighted by Crippen LogP contribution is 2.23. The Morgan fingerprint density at radius 3 is 2.79 bits per heavy atom. The molecule has 0 aliphatic carbocycles. The molecule has 0 unspecified atom stereocenters. The molecule has 1 heterocycles. The van der Waals surface area contributed by atoms with Crippen LogP contribution in [-0.2, 0) is 0 Å². The highest BCUT2D eigenvalue weighted by molar-refractivity contribution is 9.10. The summed E-state index contributed by atoms with van der Waals surface area (Å²) in [5, 5.41) is 2.66. The van der Waals surface area contributed by atoms with Crippen LogP contribution < -0.4 is 11.1 Å². The van der Waals surface area contributed by atoms with Crippen molar-refractivity contribution in [2.24, 2.45) is 0 Å². The summed E-state index contributed by atoms with van der Waals surface area (Å²) < 4.78 is 13.5. The maximum absolute atomic E-state index is 13.2. The van der Waals surface area contributed by atoms with Crippen molar-refractivity contribution in [1.29, 1.82) is 0 Å². The van der Waals surface area contributed by atoms with Gasteiger partial charge in [-0.05, 0) is 47.1 Å². The largest absolute Gasteiger partial charge is 0.396 e. The van der Waals surface area contributed by atoms with Crippen molar-refractivity contribution in [1.82, 2.24) is 4.98 Å². The summed E-state index contributed by atoms with van der Waals surface area (Å²) in [7, 11) is 0. The number of nitrogens with zero attached hydrogens (tertiary/aromatic N) is 1. The average Bonchev–Trinajstić information content (AvgIpc) is 2.36. The Morgan fingerprint density at radius 2 is 2.16 bits per heavy atom. The number of halogens is 2. The minimum absolute atomic E-state index is 0.0737. The second kappa shape index (κ2) is 5.36. The van der Waals surface area contributed by atoms with E-state index in [1.165, 1.54) is 6.07 Å². The molecular formula is C13H11BrFN3O. The molecule has 0 aliphatic rings. The number of carbonyl (C=O) groups excluding carboxylic acids is 1. The van der Waals surface area contributed by atoms with Crippen LogP contribution in [0.15, 0.2) is 34.9 Å². The van der Waals surface area contributed by atoms with Crippen molar-refractivity contribution in [2.75, 3.05) is 11.1 Å². The first-order valence-electron chi connectivity index (χ1n) is 5.46. The molecule has 0 saturated heterocycles. The lowest BCUT2D eigenvalue weighted by atomic mass is 10.2. The lowest BCUT2D eigenvalue weighted by Gasteiger charge is -2.08. The van der Waals surface area contributed by atoms with Gasteiger partial charge in [0.25, 0.3) is 5.91 Å². The minimum atomic E-state index is -0.569. The van der Waals surface area contributed by atoms with E-state index >= 15 is 0 Å². The maximum atomic E-state index is 13.2. The van der Waals surface area contributed by atoms with Crippen LogP contribution >= 0.6 is 15.9 Å². The van der Waals surface area contributed by atoms with Gasteiger partial charge in [-0.15, -0.1) is 0 Å². The van der Waals surface area contributed by atoms with Crippen LogP contribution in [0.1, 0.15) is 16.1 Å². The summed E-state index contributed by atoms with van der Waals surface area (Å²) in [4.78, 5) is 16.1. The molecule has 0 aliphatic heterocycles. The Balaban J connectivity index is 2.25. The number of amides is 1. The lowest BCUT2D eigenvalue weighted by Crippen LogP contribution is -2.13. The van der Waals surface area contributed by atoms with Crippen LogP contribution in [0.3, 0.4) is 0 Å². The van der Waals surface area contributed by atoms with E-state index in [0.29, 0.717) is 10.2 Å². The number of nitrogens with one attached hydrogen (secondary N) is 1. The molecule has 19 heavy (non-hydrogen) atoms. The summed E-state index contributed by atoms with van der Waals surface area (Å²) in [6.45, 7) is 1.85. The third-order valence-corrected chi connectivity index (χ3v) is 3.16. The monoisotopic (exact) mass is 323 g/mol. The van der Waals surface area contributed by atoms with Crippen molar-refractivity contribution >= 4 is 33.2 Å². The molecule has 1 amide bonds. The van der Waals surface area contributed by atoms with Gasteiger partial charge in [-0.3, -0.25) is 9.78 Å². The van der Waals surface area contributed by atoms with Crippen molar-refractivity contribution in [3.63, 3.8) is 0 Å². The van der Waals surface area contributed by atoms with Gasteiger partial charge < -0.3 is 11.1 Å². The molecule has 3 N–H and O–H groups in total. The third-order valence-electron chi connectivity index (χ3n) is 2.50. The van der Waals surface area contributed by atoms with Crippen molar-refractivity contribution < 1.29 is 9.18 Å². The van der Waals surface area contributed by atoms with Crippen LogP contribution in [-0.4, -0.2) is 10.9 Å². The molecule has 2 rings (SSSR count). The smallest absolute Gasteiger partial charge is 0.256 e. The number of anilines is 2. The molecule has 0 radical (unpaired) electrons. The molecule has 0 spiro atoms. The second-order valence-electron chi connectivity index (χ2n) is 4.00. The van der Waals surface area contributed by atoms with Crippen molar-refractivity contribution in [3.8, 4) is 0 Å². The van der Waals surface area contributed by atoms with E-state index in [1.54, 1.807) is 18.3 Å². The van der Waals surface area contributed by atoms with Crippen LogP contribution in [0.2, 0.25) is 0 Å². The number of aromatic nitrogens is 1. The van der Waals surface area contributed by atoms with E-state index in [-0.39, 0.29) is 17.2 Å². The fourth-order valence-corrected chi connectivity index (χ4v) is 1.98. The molecule has 98 valence electrons. The number of hydrogen-bond acceptors (Lipinski definition) is 3. The zero-order valence-corrected chi connectivity index (χ0v) is 11.7. The molecule has 0 bridgehead atoms. The standard InChI is InChI=1S/C13H11BrFN3O/c1-7-2-3-8(6-17-7)18-13(19)9-4-12(16)11(15)5-10(9)14/h2-6H,16H2,1H3,(H,18,19). The number of nitrogen functional groups attached to an aromatic ring is 1. The first-order chi connectivity index (χ1) is 8.97. The van der Waals surface area contributed by atoms with Gasteiger partial charge in [0.15, 0.2) is 0 Å². The van der Waals surface area contributed by atoms with Crippen LogP contribution in [0.25, 0.3) is 0 Å². The Labute approximate surface area is 118 Å². The van der Waals surface area contributed by atoms with Gasteiger partial charge in [0.05, 0.1) is 23.1 Å². The minimum Gasteiger partial charge on any atom is -0.396 e. The Kier molecular flexibility index (Phi) is 3.80. The van der Waals surface area contributed by atoms with E-state index in [1.807, 2.05) is 6.92 Å². The molecule has 1 aromatic carbocycles. The molecule has 2 aromatic rings. The van der Waals surface area contributed by atoms with Gasteiger partial charge in [0.1, 0.15) is 5.82 Å². The van der Waals surface area contributed by atoms with Gasteiger partial charge in [0.2, 0.25) is 0 Å². The van der Waals surface area contributed by atoms with E-state index in [4.69, 9.17) is 5.73 Å². The predicted molar refractivity (Wildman–Crippen MR) is 75.4 cm³/mol. The fourth-order valence-electron chi connectivity index (χ4n) is 1.48. The van der Waals surface area contributed by atoms with Crippen LogP contribution in [0.5, 0.6) is 0 Å². The summed E-state index contributed by atoms with van der Waals surface area (Å²) in [6.07, 6.45) is 1.55. The van der Waals surface area contributed by atoms with Crippen LogP contribution in [0.4, 0.5) is 15.8 Å². The topological polar surface area (TPSA) is 68.0 Å². The Morgan fingerprint density at radius 1 is 1.42 bits per heavy atom. The summed E-state index contributed by atoms with van der Waals surface area (Å²) >= 11 is 3.13. The highest BCUT2D eigenvalue weighted by Gasteiger charge is 2.13. The molecule has 4 nitrogen and oxygen atoms in total. The number of aryl methyl sites for hydroxylation is 1. The second-order valence-corrected chi connectivity index (χ2v) is 4.85. The van der Waals surface area contributed by atoms with Crippen molar-refractivity contribution in [2.45, 2.75) is 6.92 Å². The van der Waals surface area contributed by atoms with E-state index < -0.39 is 5.82 Å². The SMILES string of the molecule is Cc1ccc(NC(=O)c2cc(N)c(F)cc2Br)cn1. The molecule has 6 heteroatoms. The number of pyridine rings is 1. The summed E-state index contributed by atoms with van der Waals surface area (Å²) in [5.41, 5.74) is 7.05. The zero-order chi connectivity index (χ0) is 14.0. The van der Waals surface area contributed by atoms with Crippen molar-refractivity contribution in [3.05, 3.63) is 52.0 Å². The van der Waals surface area contributed by atoms with Gasteiger partial charge in [-0.1, -0.05) is 0 Å². The number of nitrogens with two attached hydrogens (primary N) is 1. The molecule has 0 saturated carbocycles. The lowest BCUT2D eigenvalue weighted by molar-refractivity contribution is 0.102. The Bertz CT molecular complexity index is 629. The first-order valence-corrected chi connectivity index (χ1v) is 6.25. The number of benzene rings is 1. The first kappa shape index (κ1) is 13.5. The zero-order valence-electron chi connectivity index (χ0n) is 10.1. The molecule has 1 aromatic heterocycles. The van der Waals surface area contributed by atoms with Crippen LogP contribution in [0, 0.1) is 12.7 Å². The number of carbonyl (C=O) groups is 1. The van der Waals surface area contributed by atoms with E-state index in [9.17, 15) is 9.18 Å². The fraction of sp³-hybridized carbons (Fsp3) is 0.0769. The van der Waals surface area contributed by atoms with Gasteiger partial charge in [-0.25, -0.2) is 4.39 Å². The third kappa shape index (κ3) is 3.08. The normalized spacial score (nSPS) is 10.3. The Hall–Kier alpha value is -1.95.